The van der Waals surface area contributed by atoms with Crippen molar-refractivity contribution in [2.75, 3.05) is 12.4 Å². The normalized spacial score (nSPS) is 9.74. The van der Waals surface area contributed by atoms with Crippen LogP contribution >= 0.6 is 0 Å². The molecule has 0 atom stereocenters. The van der Waals surface area contributed by atoms with Crippen molar-refractivity contribution in [3.8, 4) is 23.1 Å². The van der Waals surface area contributed by atoms with Gasteiger partial charge in [0.15, 0.2) is 6.19 Å². The van der Waals surface area contributed by atoms with Gasteiger partial charge in [-0.2, -0.15) is 5.26 Å². The molecule has 1 N–H and O–H groups in total. The third kappa shape index (κ3) is 2.80. The first-order chi connectivity index (χ1) is 9.28. The fourth-order valence-corrected chi connectivity index (χ4v) is 1.78. The Morgan fingerprint density at radius 3 is 2.63 bits per heavy atom. The van der Waals surface area contributed by atoms with Crippen molar-refractivity contribution in [1.82, 2.24) is 9.97 Å². The first-order valence-corrected chi connectivity index (χ1v) is 5.93. The van der Waals surface area contributed by atoms with Crippen LogP contribution in [0.3, 0.4) is 0 Å². The number of methoxy groups -OCH3 is 1. The Balaban J connectivity index is 2.42. The van der Waals surface area contributed by atoms with E-state index in [1.165, 1.54) is 5.56 Å². The SMILES string of the molecule is CCc1ccc(OC)c(-c2cnc(NC#N)nc2)c1. The largest absolute Gasteiger partial charge is 0.496 e. The van der Waals surface area contributed by atoms with Crippen LogP contribution in [0.1, 0.15) is 12.5 Å². The van der Waals surface area contributed by atoms with Crippen LogP contribution < -0.4 is 10.1 Å². The Morgan fingerprint density at radius 1 is 1.32 bits per heavy atom. The number of nitriles is 1. The van der Waals surface area contributed by atoms with Crippen LogP contribution in [0.25, 0.3) is 11.1 Å². The Kier molecular flexibility index (Phi) is 3.94. The van der Waals surface area contributed by atoms with Crippen molar-refractivity contribution in [2.45, 2.75) is 13.3 Å². The fourth-order valence-electron chi connectivity index (χ4n) is 1.78. The van der Waals surface area contributed by atoms with Gasteiger partial charge in [0.25, 0.3) is 0 Å². The molecule has 1 aromatic heterocycles. The van der Waals surface area contributed by atoms with Crippen LogP contribution in [0.5, 0.6) is 5.75 Å². The summed E-state index contributed by atoms with van der Waals surface area (Å²) in [5.74, 6) is 1.07. The maximum Gasteiger partial charge on any atom is 0.236 e. The molecule has 0 bridgehead atoms. The highest BCUT2D eigenvalue weighted by molar-refractivity contribution is 5.70. The minimum Gasteiger partial charge on any atom is -0.496 e. The molecular formula is C14H14N4O. The van der Waals surface area contributed by atoms with Crippen LogP contribution in [-0.2, 0) is 6.42 Å². The van der Waals surface area contributed by atoms with Gasteiger partial charge < -0.3 is 4.74 Å². The number of rotatable bonds is 4. The molecule has 0 radical (unpaired) electrons. The highest BCUT2D eigenvalue weighted by Gasteiger charge is 2.08. The van der Waals surface area contributed by atoms with Crippen molar-refractivity contribution < 1.29 is 4.74 Å². The van der Waals surface area contributed by atoms with E-state index in [2.05, 4.69) is 28.3 Å². The van der Waals surface area contributed by atoms with Gasteiger partial charge in [-0.25, -0.2) is 9.97 Å². The summed E-state index contributed by atoms with van der Waals surface area (Å²) in [6, 6.07) is 6.04. The molecule has 96 valence electrons. The highest BCUT2D eigenvalue weighted by atomic mass is 16.5. The van der Waals surface area contributed by atoms with E-state index in [0.717, 1.165) is 23.3 Å². The van der Waals surface area contributed by atoms with Crippen molar-refractivity contribution in [1.29, 1.82) is 5.26 Å². The molecule has 0 amide bonds. The monoisotopic (exact) mass is 254 g/mol. The second-order valence-electron chi connectivity index (χ2n) is 3.92. The summed E-state index contributed by atoms with van der Waals surface area (Å²) < 4.78 is 5.35. The van der Waals surface area contributed by atoms with Crippen molar-refractivity contribution >= 4 is 5.95 Å². The number of ether oxygens (including phenoxy) is 1. The van der Waals surface area contributed by atoms with Crippen LogP contribution in [0, 0.1) is 11.5 Å². The first-order valence-electron chi connectivity index (χ1n) is 5.93. The van der Waals surface area contributed by atoms with E-state index in [1.807, 2.05) is 12.1 Å². The summed E-state index contributed by atoms with van der Waals surface area (Å²) in [5.41, 5.74) is 3.02. The third-order valence-corrected chi connectivity index (χ3v) is 2.80. The van der Waals surface area contributed by atoms with Gasteiger partial charge in [-0.1, -0.05) is 13.0 Å². The van der Waals surface area contributed by atoms with Crippen molar-refractivity contribution in [2.24, 2.45) is 0 Å². The topological polar surface area (TPSA) is 70.8 Å². The second-order valence-corrected chi connectivity index (χ2v) is 3.92. The van der Waals surface area contributed by atoms with E-state index in [1.54, 1.807) is 25.7 Å². The molecule has 19 heavy (non-hydrogen) atoms. The van der Waals surface area contributed by atoms with E-state index >= 15 is 0 Å². The molecule has 1 aromatic carbocycles. The minimum atomic E-state index is 0.289. The molecule has 2 rings (SSSR count). The summed E-state index contributed by atoms with van der Waals surface area (Å²) in [5, 5.41) is 10.9. The number of anilines is 1. The van der Waals surface area contributed by atoms with Crippen molar-refractivity contribution in [3.63, 3.8) is 0 Å². The summed E-state index contributed by atoms with van der Waals surface area (Å²) in [6.07, 6.45) is 6.08. The second kappa shape index (κ2) is 5.83. The van der Waals surface area contributed by atoms with Gasteiger partial charge in [-0.3, -0.25) is 5.32 Å². The maximum atomic E-state index is 8.50. The Hall–Kier alpha value is -2.61. The average Bonchev–Trinajstić information content (AvgIpc) is 2.47. The highest BCUT2D eigenvalue weighted by Crippen LogP contribution is 2.30. The molecule has 0 aliphatic rings. The Labute approximate surface area is 111 Å². The number of nitrogens with zero attached hydrogens (tertiary/aromatic N) is 3. The zero-order chi connectivity index (χ0) is 13.7. The molecule has 0 aliphatic carbocycles. The predicted octanol–water partition coefficient (Wildman–Crippen LogP) is 2.61. The number of hydrogen-bond acceptors (Lipinski definition) is 5. The number of hydrogen-bond donors (Lipinski definition) is 1. The number of aromatic nitrogens is 2. The lowest BCUT2D eigenvalue weighted by Gasteiger charge is -2.10. The summed E-state index contributed by atoms with van der Waals surface area (Å²) >= 11 is 0. The number of benzene rings is 1. The maximum absolute atomic E-state index is 8.50. The van der Waals surface area contributed by atoms with Crippen LogP contribution in [0.4, 0.5) is 5.95 Å². The van der Waals surface area contributed by atoms with Gasteiger partial charge in [-0.05, 0) is 24.1 Å². The van der Waals surface area contributed by atoms with Crippen LogP contribution in [0.15, 0.2) is 30.6 Å². The molecule has 5 heteroatoms. The molecule has 0 unspecified atom stereocenters. The van der Waals surface area contributed by atoms with Crippen LogP contribution in [-0.4, -0.2) is 17.1 Å². The third-order valence-electron chi connectivity index (χ3n) is 2.80. The van der Waals surface area contributed by atoms with E-state index in [4.69, 9.17) is 10.00 Å². The van der Waals surface area contributed by atoms with Gasteiger partial charge in [0, 0.05) is 23.5 Å². The molecular weight excluding hydrogens is 240 g/mol. The van der Waals surface area contributed by atoms with Crippen LogP contribution in [0.2, 0.25) is 0 Å². The first kappa shape index (κ1) is 12.8. The van der Waals surface area contributed by atoms with Gasteiger partial charge in [0.05, 0.1) is 7.11 Å². The smallest absolute Gasteiger partial charge is 0.236 e. The number of aryl methyl sites for hydroxylation is 1. The lowest BCUT2D eigenvalue weighted by molar-refractivity contribution is 0.416. The fraction of sp³-hybridized carbons (Fsp3) is 0.214. The van der Waals surface area contributed by atoms with E-state index < -0.39 is 0 Å². The quantitative estimate of drug-likeness (QED) is 0.670. The molecule has 0 saturated heterocycles. The standard InChI is InChI=1S/C14H14N4O/c1-3-10-4-5-13(19-2)12(6-10)11-7-16-14(17-8-11)18-9-15/h4-8H,3H2,1-2H3,(H,16,17,18). The van der Waals surface area contributed by atoms with E-state index in [9.17, 15) is 0 Å². The molecule has 0 spiro atoms. The Morgan fingerprint density at radius 2 is 2.05 bits per heavy atom. The summed E-state index contributed by atoms with van der Waals surface area (Å²) in [7, 11) is 1.64. The van der Waals surface area contributed by atoms with E-state index in [0.29, 0.717) is 0 Å². The van der Waals surface area contributed by atoms with E-state index in [-0.39, 0.29) is 5.95 Å². The molecule has 2 aromatic rings. The number of nitrogens with one attached hydrogen (secondary N) is 1. The minimum absolute atomic E-state index is 0.289. The summed E-state index contributed by atoms with van der Waals surface area (Å²) in [6.45, 7) is 2.10. The summed E-state index contributed by atoms with van der Waals surface area (Å²) in [4.78, 5) is 8.15. The molecule has 0 saturated carbocycles. The molecule has 1 heterocycles. The molecule has 5 nitrogen and oxygen atoms in total. The van der Waals surface area contributed by atoms with Gasteiger partial charge in [0.1, 0.15) is 5.75 Å². The molecule has 0 aliphatic heterocycles. The van der Waals surface area contributed by atoms with Gasteiger partial charge in [0.2, 0.25) is 5.95 Å². The lowest BCUT2D eigenvalue weighted by atomic mass is 10.0. The zero-order valence-corrected chi connectivity index (χ0v) is 10.8. The lowest BCUT2D eigenvalue weighted by Crippen LogP contribution is -1.96. The van der Waals surface area contributed by atoms with Crippen molar-refractivity contribution in [3.05, 3.63) is 36.2 Å². The zero-order valence-electron chi connectivity index (χ0n) is 10.8. The Bertz CT molecular complexity index is 602. The molecule has 0 fully saturated rings. The van der Waals surface area contributed by atoms with Gasteiger partial charge in [-0.15, -0.1) is 0 Å². The average molecular weight is 254 g/mol. The predicted molar refractivity (Wildman–Crippen MR) is 72.6 cm³/mol. The van der Waals surface area contributed by atoms with Gasteiger partial charge >= 0.3 is 0 Å².